The molecule has 0 fully saturated rings. The number of rotatable bonds is 3. The van der Waals surface area contributed by atoms with Crippen LogP contribution in [0.3, 0.4) is 0 Å². The zero-order valence-electron chi connectivity index (χ0n) is 7.91. The summed E-state index contributed by atoms with van der Waals surface area (Å²) in [5.41, 5.74) is 0.442. The van der Waals surface area contributed by atoms with Gasteiger partial charge in [-0.05, 0) is 20.8 Å². The lowest BCUT2D eigenvalue weighted by Gasteiger charge is -2.17. The Morgan fingerprint density at radius 3 is 2.75 bits per heavy atom. The van der Waals surface area contributed by atoms with Gasteiger partial charge in [0.25, 0.3) is 0 Å². The molecule has 0 saturated carbocycles. The van der Waals surface area contributed by atoms with Crippen molar-refractivity contribution in [2.24, 2.45) is 0 Å². The highest BCUT2D eigenvalue weighted by Crippen LogP contribution is 2.11. The molecule has 0 saturated heterocycles. The average molecular weight is 168 g/mol. The molecule has 0 aliphatic rings. The maximum Gasteiger partial charge on any atom is 0.0948 e. The van der Waals surface area contributed by atoms with Crippen LogP contribution in [0.4, 0.5) is 0 Å². The summed E-state index contributed by atoms with van der Waals surface area (Å²) in [6.45, 7) is 6.58. The summed E-state index contributed by atoms with van der Waals surface area (Å²) in [5.74, 6) is 0. The van der Waals surface area contributed by atoms with Crippen molar-refractivity contribution in [2.45, 2.75) is 39.3 Å². The molecular weight excluding hydrogens is 152 g/mol. The summed E-state index contributed by atoms with van der Waals surface area (Å²) in [6.07, 6.45) is 4.25. The Morgan fingerprint density at radius 2 is 2.25 bits per heavy atom. The third kappa shape index (κ3) is 2.34. The minimum absolute atomic E-state index is 0.646. The smallest absolute Gasteiger partial charge is 0.0948 e. The van der Waals surface area contributed by atoms with Gasteiger partial charge in [-0.25, -0.2) is 4.98 Å². The first-order valence-corrected chi connectivity index (χ1v) is 4.24. The molecule has 0 amide bonds. The summed E-state index contributed by atoms with van der Waals surface area (Å²) >= 11 is 0. The van der Waals surface area contributed by atoms with E-state index in [4.69, 9.17) is 0 Å². The minimum atomic E-state index is -0.646. The molecule has 3 heteroatoms. The molecule has 1 aromatic heterocycles. The topological polar surface area (TPSA) is 38.0 Å². The second kappa shape index (κ2) is 3.27. The maximum atomic E-state index is 9.57. The standard InChI is InChI=1S/C9H16N2O/c1-4-11-7-10-6-8(11)5-9(2,3)12/h6-7,12H,4-5H2,1-3H3. The van der Waals surface area contributed by atoms with Crippen LogP contribution < -0.4 is 0 Å². The van der Waals surface area contributed by atoms with Gasteiger partial charge in [0.2, 0.25) is 0 Å². The van der Waals surface area contributed by atoms with Crippen molar-refractivity contribution in [1.29, 1.82) is 0 Å². The molecule has 0 aliphatic carbocycles. The SMILES string of the molecule is CCn1cncc1CC(C)(C)O. The van der Waals surface area contributed by atoms with E-state index in [1.54, 1.807) is 20.2 Å². The fourth-order valence-electron chi connectivity index (χ4n) is 1.22. The van der Waals surface area contributed by atoms with Crippen molar-refractivity contribution < 1.29 is 5.11 Å². The van der Waals surface area contributed by atoms with E-state index in [0.29, 0.717) is 6.42 Å². The molecule has 3 nitrogen and oxygen atoms in total. The van der Waals surface area contributed by atoms with Crippen molar-refractivity contribution in [3.8, 4) is 0 Å². The van der Waals surface area contributed by atoms with Crippen LogP contribution in [0.25, 0.3) is 0 Å². The van der Waals surface area contributed by atoms with Gasteiger partial charge >= 0.3 is 0 Å². The van der Waals surface area contributed by atoms with Crippen molar-refractivity contribution in [3.63, 3.8) is 0 Å². The zero-order chi connectivity index (χ0) is 9.19. The van der Waals surface area contributed by atoms with Gasteiger partial charge in [-0.3, -0.25) is 0 Å². The van der Waals surface area contributed by atoms with E-state index in [1.807, 2.05) is 10.8 Å². The van der Waals surface area contributed by atoms with Crippen LogP contribution in [0.5, 0.6) is 0 Å². The maximum absolute atomic E-state index is 9.57. The average Bonchev–Trinajstić information content (AvgIpc) is 2.31. The van der Waals surface area contributed by atoms with Crippen LogP contribution in [-0.4, -0.2) is 20.3 Å². The lowest BCUT2D eigenvalue weighted by molar-refractivity contribution is 0.0790. The van der Waals surface area contributed by atoms with Crippen molar-refractivity contribution >= 4 is 0 Å². The molecule has 0 atom stereocenters. The number of hydrogen-bond donors (Lipinski definition) is 1. The van der Waals surface area contributed by atoms with E-state index in [9.17, 15) is 5.11 Å². The highest BCUT2D eigenvalue weighted by atomic mass is 16.3. The summed E-state index contributed by atoms with van der Waals surface area (Å²) in [6, 6.07) is 0. The van der Waals surface area contributed by atoms with Gasteiger partial charge in [0.1, 0.15) is 0 Å². The molecule has 0 unspecified atom stereocenters. The normalized spacial score (nSPS) is 12.0. The summed E-state index contributed by atoms with van der Waals surface area (Å²) < 4.78 is 2.04. The third-order valence-electron chi connectivity index (χ3n) is 1.75. The van der Waals surface area contributed by atoms with E-state index in [-0.39, 0.29) is 0 Å². The van der Waals surface area contributed by atoms with Gasteiger partial charge in [0, 0.05) is 24.9 Å². The van der Waals surface area contributed by atoms with Crippen LogP contribution in [0, 0.1) is 0 Å². The van der Waals surface area contributed by atoms with Crippen molar-refractivity contribution in [3.05, 3.63) is 18.2 Å². The predicted molar refractivity (Wildman–Crippen MR) is 47.9 cm³/mol. The van der Waals surface area contributed by atoms with Crippen LogP contribution in [0.15, 0.2) is 12.5 Å². The number of imidazole rings is 1. The Kier molecular flexibility index (Phi) is 2.52. The molecule has 1 heterocycles. The monoisotopic (exact) mass is 168 g/mol. The fraction of sp³-hybridized carbons (Fsp3) is 0.667. The molecule has 1 rings (SSSR count). The van der Waals surface area contributed by atoms with Gasteiger partial charge < -0.3 is 9.67 Å². The first-order chi connectivity index (χ1) is 5.53. The Labute approximate surface area is 73.1 Å². The first kappa shape index (κ1) is 9.26. The Bertz CT molecular complexity index is 247. The van der Waals surface area contributed by atoms with Gasteiger partial charge in [-0.2, -0.15) is 0 Å². The Morgan fingerprint density at radius 1 is 1.58 bits per heavy atom. The van der Waals surface area contributed by atoms with Crippen LogP contribution in [0.1, 0.15) is 26.5 Å². The molecule has 12 heavy (non-hydrogen) atoms. The molecule has 0 bridgehead atoms. The van der Waals surface area contributed by atoms with E-state index in [1.165, 1.54) is 0 Å². The number of aryl methyl sites for hydroxylation is 1. The van der Waals surface area contributed by atoms with E-state index < -0.39 is 5.60 Å². The number of hydrogen-bond acceptors (Lipinski definition) is 2. The second-order valence-electron chi connectivity index (χ2n) is 3.66. The van der Waals surface area contributed by atoms with Gasteiger partial charge in [-0.1, -0.05) is 0 Å². The molecular formula is C9H16N2O. The molecule has 1 N–H and O–H groups in total. The summed E-state index contributed by atoms with van der Waals surface area (Å²) in [5, 5.41) is 9.57. The summed E-state index contributed by atoms with van der Waals surface area (Å²) in [4.78, 5) is 4.03. The highest BCUT2D eigenvalue weighted by molar-refractivity contribution is 5.01. The van der Waals surface area contributed by atoms with Crippen LogP contribution >= 0.6 is 0 Å². The number of aliphatic hydroxyl groups is 1. The lowest BCUT2D eigenvalue weighted by atomic mass is 10.0. The fourth-order valence-corrected chi connectivity index (χ4v) is 1.22. The number of aromatic nitrogens is 2. The van der Waals surface area contributed by atoms with Crippen LogP contribution in [0.2, 0.25) is 0 Å². The largest absolute Gasteiger partial charge is 0.390 e. The highest BCUT2D eigenvalue weighted by Gasteiger charge is 2.15. The Hall–Kier alpha value is -0.830. The molecule has 1 aromatic rings. The first-order valence-electron chi connectivity index (χ1n) is 4.24. The van der Waals surface area contributed by atoms with Crippen LogP contribution in [-0.2, 0) is 13.0 Å². The molecule has 0 spiro atoms. The number of nitrogens with zero attached hydrogens (tertiary/aromatic N) is 2. The third-order valence-corrected chi connectivity index (χ3v) is 1.75. The molecule has 0 radical (unpaired) electrons. The molecule has 0 aliphatic heterocycles. The van der Waals surface area contributed by atoms with Crippen molar-refractivity contribution in [1.82, 2.24) is 9.55 Å². The van der Waals surface area contributed by atoms with Crippen molar-refractivity contribution in [2.75, 3.05) is 0 Å². The lowest BCUT2D eigenvalue weighted by Crippen LogP contribution is -2.23. The van der Waals surface area contributed by atoms with E-state index in [0.717, 1.165) is 12.2 Å². The van der Waals surface area contributed by atoms with Gasteiger partial charge in [0.05, 0.1) is 11.9 Å². The second-order valence-corrected chi connectivity index (χ2v) is 3.66. The van der Waals surface area contributed by atoms with Gasteiger partial charge in [0.15, 0.2) is 0 Å². The quantitative estimate of drug-likeness (QED) is 0.736. The van der Waals surface area contributed by atoms with E-state index in [2.05, 4.69) is 11.9 Å². The molecule has 0 aromatic carbocycles. The predicted octanol–water partition coefficient (Wildman–Crippen LogP) is 1.22. The zero-order valence-corrected chi connectivity index (χ0v) is 7.91. The Balaban J connectivity index is 2.75. The van der Waals surface area contributed by atoms with Gasteiger partial charge in [-0.15, -0.1) is 0 Å². The van der Waals surface area contributed by atoms with E-state index >= 15 is 0 Å². The minimum Gasteiger partial charge on any atom is -0.390 e. The molecule has 68 valence electrons. The summed E-state index contributed by atoms with van der Waals surface area (Å²) in [7, 11) is 0.